The number of amides is 2. The minimum absolute atomic E-state index is 0.215. The number of anilines is 1. The van der Waals surface area contributed by atoms with E-state index in [1.54, 1.807) is 29.2 Å². The molecule has 9 heteroatoms. The van der Waals surface area contributed by atoms with Gasteiger partial charge in [-0.15, -0.1) is 0 Å². The van der Waals surface area contributed by atoms with Crippen molar-refractivity contribution in [3.8, 4) is 11.5 Å². The average Bonchev–Trinajstić information content (AvgIpc) is 3.35. The molecule has 0 aliphatic carbocycles. The predicted octanol–water partition coefficient (Wildman–Crippen LogP) is 4.60. The van der Waals surface area contributed by atoms with Crippen molar-refractivity contribution in [2.75, 3.05) is 11.9 Å². The minimum atomic E-state index is -0.323. The van der Waals surface area contributed by atoms with E-state index in [1.807, 2.05) is 54.6 Å². The Kier molecular flexibility index (Phi) is 5.78. The summed E-state index contributed by atoms with van der Waals surface area (Å²) in [5, 5.41) is 10.2. The van der Waals surface area contributed by atoms with Crippen molar-refractivity contribution < 1.29 is 14.3 Å². The number of aromatic amines is 1. The van der Waals surface area contributed by atoms with Crippen molar-refractivity contribution >= 4 is 28.7 Å². The molecule has 0 fully saturated rings. The molecule has 9 nitrogen and oxygen atoms in total. The normalized spacial score (nSPS) is 12.7. The second-order valence-corrected chi connectivity index (χ2v) is 8.65. The van der Waals surface area contributed by atoms with E-state index in [2.05, 4.69) is 25.5 Å². The van der Waals surface area contributed by atoms with Crippen LogP contribution in [0.3, 0.4) is 0 Å². The maximum absolute atomic E-state index is 13.2. The molecule has 0 saturated carbocycles. The van der Waals surface area contributed by atoms with Crippen LogP contribution in [0, 0.1) is 0 Å². The van der Waals surface area contributed by atoms with Gasteiger partial charge in [0.15, 0.2) is 5.82 Å². The number of rotatable bonds is 5. The molecule has 37 heavy (non-hydrogen) atoms. The van der Waals surface area contributed by atoms with Gasteiger partial charge in [0.2, 0.25) is 0 Å². The van der Waals surface area contributed by atoms with Gasteiger partial charge in [-0.25, -0.2) is 4.98 Å². The fourth-order valence-corrected chi connectivity index (χ4v) is 4.30. The first-order valence-corrected chi connectivity index (χ1v) is 11.9. The number of H-pyrrole nitrogens is 1. The molecule has 3 heterocycles. The number of para-hydroxylation sites is 3. The molecular formula is C28H22N6O3. The first-order chi connectivity index (χ1) is 18.1. The predicted molar refractivity (Wildman–Crippen MR) is 137 cm³/mol. The SMILES string of the molecule is O=C(Nc1n[nH]c2c1CN(C(=O)c1cnc3ccccc3n1)CC2)c1cccc(Oc2ccccc2)c1. The smallest absolute Gasteiger partial charge is 0.274 e. The van der Waals surface area contributed by atoms with Gasteiger partial charge in [-0.1, -0.05) is 36.4 Å². The maximum atomic E-state index is 13.2. The summed E-state index contributed by atoms with van der Waals surface area (Å²) in [7, 11) is 0. The molecule has 0 saturated heterocycles. The van der Waals surface area contributed by atoms with Gasteiger partial charge >= 0.3 is 0 Å². The molecule has 5 aromatic rings. The summed E-state index contributed by atoms with van der Waals surface area (Å²) >= 11 is 0. The summed E-state index contributed by atoms with van der Waals surface area (Å²) in [6.07, 6.45) is 2.09. The Bertz CT molecular complexity index is 1620. The molecule has 182 valence electrons. The summed E-state index contributed by atoms with van der Waals surface area (Å²) in [6, 6.07) is 23.7. The van der Waals surface area contributed by atoms with E-state index in [9.17, 15) is 9.59 Å². The van der Waals surface area contributed by atoms with Crippen LogP contribution >= 0.6 is 0 Å². The number of aromatic nitrogens is 4. The van der Waals surface area contributed by atoms with Crippen molar-refractivity contribution in [2.24, 2.45) is 0 Å². The Morgan fingerprint density at radius 2 is 1.70 bits per heavy atom. The standard InChI is InChI=1S/C28H22N6O3/c35-27(18-7-6-10-20(15-18)37-19-8-2-1-3-9-19)31-26-21-17-34(14-13-22(21)32-33-26)28(36)25-16-29-23-11-4-5-12-24(23)30-25/h1-12,15-16H,13-14,17H2,(H2,31,32,33,35). The fraction of sp³-hybridized carbons (Fsp3) is 0.107. The van der Waals surface area contributed by atoms with E-state index in [4.69, 9.17) is 4.74 Å². The number of carbonyl (C=O) groups is 2. The minimum Gasteiger partial charge on any atom is -0.457 e. The molecule has 0 unspecified atom stereocenters. The summed E-state index contributed by atoms with van der Waals surface area (Å²) < 4.78 is 5.85. The largest absolute Gasteiger partial charge is 0.457 e. The maximum Gasteiger partial charge on any atom is 0.274 e. The lowest BCUT2D eigenvalue weighted by molar-refractivity contribution is 0.0728. The summed E-state index contributed by atoms with van der Waals surface area (Å²) in [5.41, 5.74) is 3.79. The van der Waals surface area contributed by atoms with E-state index in [0.29, 0.717) is 47.9 Å². The zero-order valence-corrected chi connectivity index (χ0v) is 19.7. The Morgan fingerprint density at radius 1 is 0.919 bits per heavy atom. The number of benzene rings is 3. The molecule has 1 aliphatic heterocycles. The van der Waals surface area contributed by atoms with E-state index in [1.165, 1.54) is 6.20 Å². The molecule has 2 amide bonds. The lowest BCUT2D eigenvalue weighted by Gasteiger charge is -2.26. The molecule has 0 atom stereocenters. The number of nitrogens with one attached hydrogen (secondary N) is 2. The zero-order valence-electron chi connectivity index (χ0n) is 19.7. The Labute approximate surface area is 212 Å². The Hall–Kier alpha value is -5.05. The first-order valence-electron chi connectivity index (χ1n) is 11.9. The van der Waals surface area contributed by atoms with E-state index in [-0.39, 0.29) is 17.5 Å². The van der Waals surface area contributed by atoms with Gasteiger partial charge in [0, 0.05) is 29.8 Å². The van der Waals surface area contributed by atoms with Crippen molar-refractivity contribution in [3.05, 3.63) is 108 Å². The van der Waals surface area contributed by atoms with Gasteiger partial charge in [-0.2, -0.15) is 5.10 Å². The molecular weight excluding hydrogens is 468 g/mol. The third-order valence-corrected chi connectivity index (χ3v) is 6.20. The quantitative estimate of drug-likeness (QED) is 0.372. The Morgan fingerprint density at radius 3 is 2.57 bits per heavy atom. The highest BCUT2D eigenvalue weighted by molar-refractivity contribution is 6.04. The van der Waals surface area contributed by atoms with E-state index < -0.39 is 0 Å². The highest BCUT2D eigenvalue weighted by atomic mass is 16.5. The molecule has 3 aromatic carbocycles. The number of hydrogen-bond acceptors (Lipinski definition) is 6. The summed E-state index contributed by atoms with van der Waals surface area (Å²) in [6.45, 7) is 0.806. The zero-order chi connectivity index (χ0) is 25.2. The fourth-order valence-electron chi connectivity index (χ4n) is 4.30. The first kappa shape index (κ1) is 22.4. The Balaban J connectivity index is 1.18. The van der Waals surface area contributed by atoms with Crippen LogP contribution in [0.4, 0.5) is 5.82 Å². The van der Waals surface area contributed by atoms with Crippen LogP contribution in [-0.2, 0) is 13.0 Å². The van der Waals surface area contributed by atoms with Gasteiger partial charge in [0.25, 0.3) is 11.8 Å². The van der Waals surface area contributed by atoms with Crippen LogP contribution in [0.2, 0.25) is 0 Å². The van der Waals surface area contributed by atoms with Gasteiger partial charge in [0.05, 0.1) is 23.8 Å². The molecule has 2 N–H and O–H groups in total. The van der Waals surface area contributed by atoms with Gasteiger partial charge in [0.1, 0.15) is 17.2 Å². The third-order valence-electron chi connectivity index (χ3n) is 6.20. The van der Waals surface area contributed by atoms with Crippen LogP contribution in [-0.4, -0.2) is 43.4 Å². The second kappa shape index (κ2) is 9.54. The third kappa shape index (κ3) is 4.62. The number of nitrogens with zero attached hydrogens (tertiary/aromatic N) is 4. The number of hydrogen-bond donors (Lipinski definition) is 2. The van der Waals surface area contributed by atoms with Crippen LogP contribution in [0.15, 0.2) is 85.1 Å². The highest BCUT2D eigenvalue weighted by Crippen LogP contribution is 2.27. The van der Waals surface area contributed by atoms with Crippen molar-refractivity contribution in [1.82, 2.24) is 25.1 Å². The van der Waals surface area contributed by atoms with Gasteiger partial charge in [-0.05, 0) is 42.5 Å². The second-order valence-electron chi connectivity index (χ2n) is 8.65. The summed E-state index contributed by atoms with van der Waals surface area (Å²) in [5.74, 6) is 1.10. The highest BCUT2D eigenvalue weighted by Gasteiger charge is 2.27. The lowest BCUT2D eigenvalue weighted by atomic mass is 10.1. The van der Waals surface area contributed by atoms with Crippen LogP contribution in [0.25, 0.3) is 11.0 Å². The molecule has 2 aromatic heterocycles. The van der Waals surface area contributed by atoms with Crippen molar-refractivity contribution in [3.63, 3.8) is 0 Å². The molecule has 1 aliphatic rings. The monoisotopic (exact) mass is 490 g/mol. The summed E-state index contributed by atoms with van der Waals surface area (Å²) in [4.78, 5) is 36.8. The lowest BCUT2D eigenvalue weighted by Crippen LogP contribution is -2.36. The number of ether oxygens (including phenoxy) is 1. The van der Waals surface area contributed by atoms with E-state index in [0.717, 1.165) is 16.8 Å². The number of carbonyl (C=O) groups excluding carboxylic acids is 2. The van der Waals surface area contributed by atoms with Crippen molar-refractivity contribution in [2.45, 2.75) is 13.0 Å². The molecule has 6 rings (SSSR count). The molecule has 0 radical (unpaired) electrons. The number of fused-ring (bicyclic) bond motifs is 2. The van der Waals surface area contributed by atoms with Gasteiger partial charge in [-0.3, -0.25) is 19.7 Å². The van der Waals surface area contributed by atoms with Crippen molar-refractivity contribution in [1.29, 1.82) is 0 Å². The topological polar surface area (TPSA) is 113 Å². The molecule has 0 bridgehead atoms. The van der Waals surface area contributed by atoms with E-state index >= 15 is 0 Å². The molecule has 0 spiro atoms. The van der Waals surface area contributed by atoms with Gasteiger partial charge < -0.3 is 15.0 Å². The van der Waals surface area contributed by atoms with Crippen LogP contribution in [0.5, 0.6) is 11.5 Å². The van der Waals surface area contributed by atoms with Crippen LogP contribution < -0.4 is 10.1 Å². The average molecular weight is 491 g/mol. The van der Waals surface area contributed by atoms with Crippen LogP contribution in [0.1, 0.15) is 32.1 Å².